The van der Waals surface area contributed by atoms with Crippen LogP contribution in [-0.2, 0) is 39.0 Å². The molecule has 14 heteroatoms. The zero-order chi connectivity index (χ0) is 27.8. The number of fused-ring (bicyclic) bond motifs is 1. The predicted molar refractivity (Wildman–Crippen MR) is 129 cm³/mol. The quantitative estimate of drug-likeness (QED) is 0.284. The van der Waals surface area contributed by atoms with Crippen molar-refractivity contribution < 1.29 is 26.3 Å². The first kappa shape index (κ1) is 27.2. The molecule has 8 nitrogen and oxygen atoms in total. The molecule has 0 fully saturated rings. The van der Waals surface area contributed by atoms with E-state index in [1.807, 2.05) is 48.7 Å². The lowest BCUT2D eigenvalue weighted by molar-refractivity contribution is -0.143. The van der Waals surface area contributed by atoms with Crippen LogP contribution in [0.3, 0.4) is 0 Å². The highest BCUT2D eigenvalue weighted by Gasteiger charge is 2.37. The molecule has 3 aromatic heterocycles. The van der Waals surface area contributed by atoms with Gasteiger partial charge in [-0.25, -0.2) is 4.98 Å². The number of aryl methyl sites for hydroxylation is 2. The van der Waals surface area contributed by atoms with E-state index in [0.717, 1.165) is 15.8 Å². The number of nitrogens with zero attached hydrogens (tertiary/aromatic N) is 8. The number of aromatic nitrogens is 6. The van der Waals surface area contributed by atoms with E-state index >= 15 is 0 Å². The second-order valence-electron chi connectivity index (χ2n) is 8.85. The largest absolute Gasteiger partial charge is 0.416 e. The molecule has 0 N–H and O–H groups in total. The van der Waals surface area contributed by atoms with E-state index in [9.17, 15) is 26.3 Å². The lowest BCUT2D eigenvalue weighted by Crippen LogP contribution is -2.27. The maximum atomic E-state index is 13.5. The van der Waals surface area contributed by atoms with Crippen LogP contribution in [0.5, 0.6) is 0 Å². The Morgan fingerprint density at radius 1 is 0.921 bits per heavy atom. The SMILES string of the molecule is CCN(C)c1nc2c(ccn2CC)cc1CN(Cc1cc(C(F)(F)F)cc(C(F)(F)F)c1)c1nnn(C)n1. The maximum absolute atomic E-state index is 13.5. The van der Waals surface area contributed by atoms with Crippen LogP contribution in [0, 0.1) is 0 Å². The van der Waals surface area contributed by atoms with Crippen LogP contribution in [0.4, 0.5) is 38.1 Å². The molecule has 0 unspecified atom stereocenters. The van der Waals surface area contributed by atoms with Crippen molar-refractivity contribution in [1.82, 2.24) is 29.8 Å². The molecular formula is C24H26F6N8. The second kappa shape index (κ2) is 10.1. The summed E-state index contributed by atoms with van der Waals surface area (Å²) in [5.74, 6) is 0.678. The third kappa shape index (κ3) is 5.68. The summed E-state index contributed by atoms with van der Waals surface area (Å²) in [4.78, 5) is 9.39. The Hall–Kier alpha value is -3.84. The average molecular weight is 541 g/mol. The third-order valence-electron chi connectivity index (χ3n) is 6.13. The van der Waals surface area contributed by atoms with E-state index in [1.165, 1.54) is 11.9 Å². The fourth-order valence-corrected chi connectivity index (χ4v) is 4.13. The fourth-order valence-electron chi connectivity index (χ4n) is 4.13. The first-order valence-corrected chi connectivity index (χ1v) is 11.8. The summed E-state index contributed by atoms with van der Waals surface area (Å²) < 4.78 is 82.8. The molecule has 3 heterocycles. The zero-order valence-corrected chi connectivity index (χ0v) is 21.1. The minimum absolute atomic E-state index is 0.0507. The number of halogens is 6. The lowest BCUT2D eigenvalue weighted by atomic mass is 10.0. The molecule has 0 saturated carbocycles. The van der Waals surface area contributed by atoms with Crippen molar-refractivity contribution in [1.29, 1.82) is 0 Å². The second-order valence-corrected chi connectivity index (χ2v) is 8.85. The van der Waals surface area contributed by atoms with Gasteiger partial charge in [0.15, 0.2) is 0 Å². The van der Waals surface area contributed by atoms with Gasteiger partial charge < -0.3 is 14.4 Å². The van der Waals surface area contributed by atoms with Crippen molar-refractivity contribution >= 4 is 22.8 Å². The molecule has 4 aromatic rings. The molecule has 1 aromatic carbocycles. The van der Waals surface area contributed by atoms with Crippen molar-refractivity contribution in [3.8, 4) is 0 Å². The Morgan fingerprint density at radius 2 is 1.58 bits per heavy atom. The van der Waals surface area contributed by atoms with E-state index < -0.39 is 23.5 Å². The molecule has 204 valence electrons. The number of rotatable bonds is 8. The summed E-state index contributed by atoms with van der Waals surface area (Å²) in [6, 6.07) is 5.34. The van der Waals surface area contributed by atoms with E-state index in [1.54, 1.807) is 0 Å². The van der Waals surface area contributed by atoms with E-state index in [-0.39, 0.29) is 30.7 Å². The molecule has 0 aliphatic heterocycles. The summed E-state index contributed by atoms with van der Waals surface area (Å²) in [7, 11) is 3.36. The van der Waals surface area contributed by atoms with Gasteiger partial charge in [0.25, 0.3) is 5.95 Å². The van der Waals surface area contributed by atoms with Crippen LogP contribution in [0.15, 0.2) is 36.5 Å². The van der Waals surface area contributed by atoms with Crippen LogP contribution in [-0.4, -0.2) is 43.4 Å². The van der Waals surface area contributed by atoms with Gasteiger partial charge in [-0.1, -0.05) is 5.10 Å². The summed E-state index contributed by atoms with van der Waals surface area (Å²) in [5, 5.41) is 12.8. The van der Waals surface area contributed by atoms with E-state index in [2.05, 4.69) is 15.4 Å². The first-order valence-electron chi connectivity index (χ1n) is 11.8. The van der Waals surface area contributed by atoms with Crippen molar-refractivity contribution in [2.45, 2.75) is 45.8 Å². The van der Waals surface area contributed by atoms with Gasteiger partial charge in [0, 0.05) is 50.4 Å². The van der Waals surface area contributed by atoms with E-state index in [0.29, 0.717) is 36.6 Å². The average Bonchev–Trinajstić information content (AvgIpc) is 3.46. The summed E-state index contributed by atoms with van der Waals surface area (Å²) in [5.41, 5.74) is -1.50. The van der Waals surface area contributed by atoms with Crippen LogP contribution in [0.25, 0.3) is 11.0 Å². The summed E-state index contributed by atoms with van der Waals surface area (Å²) in [6.07, 6.45) is -8.01. The Labute approximate surface area is 214 Å². The standard InChI is InChI=1S/C24H26F6N8/c1-5-35(3)20-17(11-16-7-8-37(6-2)21(16)31-20)14-38(22-32-34-36(4)33-22)13-15-9-18(23(25,26)27)12-19(10-15)24(28,29)30/h7-12H,5-6,13-14H2,1-4H3. The van der Waals surface area contributed by atoms with Crippen molar-refractivity contribution in [3.63, 3.8) is 0 Å². The molecule has 4 rings (SSSR count). The van der Waals surface area contributed by atoms with Crippen molar-refractivity contribution in [3.05, 3.63) is 58.8 Å². The highest BCUT2D eigenvalue weighted by molar-refractivity contribution is 5.80. The Bertz CT molecular complexity index is 1390. The van der Waals surface area contributed by atoms with Gasteiger partial charge in [-0.3, -0.25) is 0 Å². The number of anilines is 2. The Kier molecular flexibility index (Phi) is 7.26. The Balaban J connectivity index is 1.81. The van der Waals surface area contributed by atoms with Gasteiger partial charge in [-0.2, -0.15) is 31.1 Å². The number of tetrazole rings is 1. The topological polar surface area (TPSA) is 67.9 Å². The third-order valence-corrected chi connectivity index (χ3v) is 6.13. The highest BCUT2D eigenvalue weighted by atomic mass is 19.4. The van der Waals surface area contributed by atoms with Gasteiger partial charge in [-0.15, -0.1) is 5.10 Å². The zero-order valence-electron chi connectivity index (χ0n) is 21.1. The molecule has 38 heavy (non-hydrogen) atoms. The molecule has 0 bridgehead atoms. The van der Waals surface area contributed by atoms with Crippen LogP contribution >= 0.6 is 0 Å². The number of pyridine rings is 1. The van der Waals surface area contributed by atoms with Gasteiger partial charge in [0.1, 0.15) is 11.5 Å². The molecule has 0 amide bonds. The number of benzene rings is 1. The maximum Gasteiger partial charge on any atom is 0.416 e. The monoisotopic (exact) mass is 540 g/mol. The molecule has 0 aliphatic carbocycles. The number of alkyl halides is 6. The minimum atomic E-state index is -4.95. The molecule has 0 aliphatic rings. The van der Waals surface area contributed by atoms with E-state index in [4.69, 9.17) is 4.98 Å². The van der Waals surface area contributed by atoms with Gasteiger partial charge in [0.2, 0.25) is 0 Å². The van der Waals surface area contributed by atoms with Crippen molar-refractivity contribution in [2.75, 3.05) is 23.4 Å². The summed E-state index contributed by atoms with van der Waals surface area (Å²) in [6.45, 7) is 4.98. The van der Waals surface area contributed by atoms with Gasteiger partial charge in [-0.05, 0) is 55.0 Å². The molecular weight excluding hydrogens is 514 g/mol. The number of hydrogen-bond donors (Lipinski definition) is 0. The summed E-state index contributed by atoms with van der Waals surface area (Å²) >= 11 is 0. The molecule has 0 radical (unpaired) electrons. The number of hydrogen-bond acceptors (Lipinski definition) is 6. The van der Waals surface area contributed by atoms with Gasteiger partial charge in [0.05, 0.1) is 18.2 Å². The highest BCUT2D eigenvalue weighted by Crippen LogP contribution is 2.37. The minimum Gasteiger partial charge on any atom is -0.360 e. The normalized spacial score (nSPS) is 12.4. The first-order chi connectivity index (χ1) is 17.8. The molecule has 0 saturated heterocycles. The van der Waals surface area contributed by atoms with Crippen LogP contribution in [0.2, 0.25) is 0 Å². The Morgan fingerprint density at radius 3 is 2.11 bits per heavy atom. The fraction of sp³-hybridized carbons (Fsp3) is 0.417. The molecule has 0 atom stereocenters. The smallest absolute Gasteiger partial charge is 0.360 e. The van der Waals surface area contributed by atoms with Crippen LogP contribution < -0.4 is 9.80 Å². The van der Waals surface area contributed by atoms with Crippen molar-refractivity contribution in [2.24, 2.45) is 7.05 Å². The lowest BCUT2D eigenvalue weighted by Gasteiger charge is -2.26. The van der Waals surface area contributed by atoms with Gasteiger partial charge >= 0.3 is 12.4 Å². The molecule has 0 spiro atoms. The van der Waals surface area contributed by atoms with Crippen LogP contribution in [0.1, 0.15) is 36.1 Å². The predicted octanol–water partition coefficient (Wildman–Crippen LogP) is 5.28.